The van der Waals surface area contributed by atoms with Crippen molar-refractivity contribution >= 4 is 17.7 Å². The molecule has 1 aromatic rings. The zero-order chi connectivity index (χ0) is 14.9. The van der Waals surface area contributed by atoms with Crippen molar-refractivity contribution < 1.29 is 19.1 Å². The fraction of sp³-hybridized carbons (Fsp3) is 0.429. The Kier molecular flexibility index (Phi) is 3.65. The molecule has 2 rings (SSSR count). The van der Waals surface area contributed by atoms with Crippen molar-refractivity contribution in [1.29, 1.82) is 0 Å². The van der Waals surface area contributed by atoms with Gasteiger partial charge in [0.2, 0.25) is 0 Å². The number of carbonyl (C=O) groups excluding carboxylic acids is 1. The largest absolute Gasteiger partial charge is 0.481 e. The van der Waals surface area contributed by atoms with Crippen LogP contribution in [0.3, 0.4) is 0 Å². The van der Waals surface area contributed by atoms with Crippen molar-refractivity contribution in [1.82, 2.24) is 4.90 Å². The summed E-state index contributed by atoms with van der Waals surface area (Å²) in [5.41, 5.74) is 0.170. The van der Waals surface area contributed by atoms with Gasteiger partial charge >= 0.3 is 12.0 Å². The molecule has 0 aliphatic carbocycles. The number of anilines is 1. The standard InChI is InChI=1S/C14H17FN2O3/c1-9-5-10(15)7-11(6-9)16-13(20)17-4-3-14(2,8-17)12(18)19/h5-7H,3-4,8H2,1-2H3,(H,16,20)(H,18,19). The third-order valence-electron chi connectivity index (χ3n) is 3.57. The number of hydrogen-bond acceptors (Lipinski definition) is 2. The molecule has 1 heterocycles. The second kappa shape index (κ2) is 5.11. The highest BCUT2D eigenvalue weighted by atomic mass is 19.1. The van der Waals surface area contributed by atoms with E-state index in [-0.39, 0.29) is 6.54 Å². The highest BCUT2D eigenvalue weighted by Crippen LogP contribution is 2.30. The predicted molar refractivity (Wildman–Crippen MR) is 72.1 cm³/mol. The van der Waals surface area contributed by atoms with Crippen LogP contribution >= 0.6 is 0 Å². The zero-order valence-corrected chi connectivity index (χ0v) is 11.4. The molecule has 6 heteroatoms. The van der Waals surface area contributed by atoms with E-state index in [2.05, 4.69) is 5.32 Å². The number of carbonyl (C=O) groups is 2. The van der Waals surface area contributed by atoms with Crippen molar-refractivity contribution in [3.05, 3.63) is 29.6 Å². The molecule has 0 saturated carbocycles. The minimum Gasteiger partial charge on any atom is -0.481 e. The fourth-order valence-corrected chi connectivity index (χ4v) is 2.32. The van der Waals surface area contributed by atoms with Crippen LogP contribution < -0.4 is 5.32 Å². The molecule has 1 saturated heterocycles. The predicted octanol–water partition coefficient (Wildman–Crippen LogP) is 2.46. The van der Waals surface area contributed by atoms with Gasteiger partial charge in [-0.3, -0.25) is 4.79 Å². The molecular weight excluding hydrogens is 263 g/mol. The molecule has 0 radical (unpaired) electrons. The summed E-state index contributed by atoms with van der Waals surface area (Å²) in [5, 5.41) is 11.7. The third kappa shape index (κ3) is 2.89. The van der Waals surface area contributed by atoms with Gasteiger partial charge in [0.25, 0.3) is 0 Å². The number of amides is 2. The van der Waals surface area contributed by atoms with E-state index in [9.17, 15) is 14.0 Å². The Morgan fingerprint density at radius 3 is 2.65 bits per heavy atom. The van der Waals surface area contributed by atoms with Crippen LogP contribution in [0.15, 0.2) is 18.2 Å². The Bertz CT molecular complexity index is 541. The van der Waals surface area contributed by atoms with E-state index >= 15 is 0 Å². The Labute approximate surface area is 116 Å². The molecule has 1 unspecified atom stereocenters. The topological polar surface area (TPSA) is 69.6 Å². The van der Waals surface area contributed by atoms with Crippen molar-refractivity contribution in [2.75, 3.05) is 18.4 Å². The molecule has 0 spiro atoms. The summed E-state index contributed by atoms with van der Waals surface area (Å²) in [5.74, 6) is -1.33. The number of nitrogens with one attached hydrogen (secondary N) is 1. The van der Waals surface area contributed by atoms with Crippen LogP contribution in [0.5, 0.6) is 0 Å². The number of aryl methyl sites for hydroxylation is 1. The highest BCUT2D eigenvalue weighted by molar-refractivity contribution is 5.90. The minimum atomic E-state index is -0.908. The Morgan fingerprint density at radius 1 is 1.40 bits per heavy atom. The first-order valence-electron chi connectivity index (χ1n) is 6.37. The maximum atomic E-state index is 13.2. The number of benzene rings is 1. The number of carboxylic acids is 1. The summed E-state index contributed by atoms with van der Waals surface area (Å²) in [7, 11) is 0. The molecule has 108 valence electrons. The molecular formula is C14H17FN2O3. The molecule has 1 atom stereocenters. The molecule has 0 aromatic heterocycles. The maximum absolute atomic E-state index is 13.2. The molecule has 0 bridgehead atoms. The van der Waals surface area contributed by atoms with E-state index in [1.807, 2.05) is 0 Å². The van der Waals surface area contributed by atoms with E-state index in [0.29, 0.717) is 24.2 Å². The number of halogens is 1. The monoisotopic (exact) mass is 280 g/mol. The van der Waals surface area contributed by atoms with Crippen LogP contribution in [-0.2, 0) is 4.79 Å². The Morgan fingerprint density at radius 2 is 2.10 bits per heavy atom. The van der Waals surface area contributed by atoms with Gasteiger partial charge in [0.15, 0.2) is 0 Å². The van der Waals surface area contributed by atoms with Crippen LogP contribution in [0.2, 0.25) is 0 Å². The van der Waals surface area contributed by atoms with Crippen LogP contribution in [0.25, 0.3) is 0 Å². The average Bonchev–Trinajstić information content (AvgIpc) is 2.72. The zero-order valence-electron chi connectivity index (χ0n) is 11.4. The highest BCUT2D eigenvalue weighted by Gasteiger charge is 2.42. The summed E-state index contributed by atoms with van der Waals surface area (Å²) >= 11 is 0. The summed E-state index contributed by atoms with van der Waals surface area (Å²) in [6.07, 6.45) is 0.415. The SMILES string of the molecule is Cc1cc(F)cc(NC(=O)N2CCC(C)(C(=O)O)C2)c1. The number of urea groups is 1. The lowest BCUT2D eigenvalue weighted by atomic mass is 9.90. The van der Waals surface area contributed by atoms with E-state index < -0.39 is 23.2 Å². The number of aliphatic carboxylic acids is 1. The van der Waals surface area contributed by atoms with E-state index in [1.54, 1.807) is 19.9 Å². The van der Waals surface area contributed by atoms with Gasteiger partial charge in [-0.25, -0.2) is 9.18 Å². The fourth-order valence-electron chi connectivity index (χ4n) is 2.32. The smallest absolute Gasteiger partial charge is 0.321 e. The molecule has 1 aromatic carbocycles. The first-order valence-corrected chi connectivity index (χ1v) is 6.37. The number of likely N-dealkylation sites (tertiary alicyclic amines) is 1. The van der Waals surface area contributed by atoms with Crippen molar-refractivity contribution in [3.8, 4) is 0 Å². The maximum Gasteiger partial charge on any atom is 0.321 e. The minimum absolute atomic E-state index is 0.155. The van der Waals surface area contributed by atoms with Crippen LogP contribution in [0.4, 0.5) is 14.9 Å². The normalized spacial score (nSPS) is 21.9. The lowest BCUT2D eigenvalue weighted by molar-refractivity contribution is -0.146. The van der Waals surface area contributed by atoms with Crippen molar-refractivity contribution in [3.63, 3.8) is 0 Å². The van der Waals surface area contributed by atoms with Gasteiger partial charge in [0.1, 0.15) is 5.82 Å². The molecule has 20 heavy (non-hydrogen) atoms. The quantitative estimate of drug-likeness (QED) is 0.874. The van der Waals surface area contributed by atoms with Gasteiger partial charge in [-0.05, 0) is 44.0 Å². The van der Waals surface area contributed by atoms with Gasteiger partial charge in [-0.2, -0.15) is 0 Å². The number of hydrogen-bond donors (Lipinski definition) is 2. The number of rotatable bonds is 2. The lowest BCUT2D eigenvalue weighted by Crippen LogP contribution is -2.37. The van der Waals surface area contributed by atoms with Crippen LogP contribution in [-0.4, -0.2) is 35.1 Å². The lowest BCUT2D eigenvalue weighted by Gasteiger charge is -2.20. The van der Waals surface area contributed by atoms with Crippen LogP contribution in [0.1, 0.15) is 18.9 Å². The average molecular weight is 280 g/mol. The van der Waals surface area contributed by atoms with E-state index in [1.165, 1.54) is 17.0 Å². The summed E-state index contributed by atoms with van der Waals surface area (Å²) in [6.45, 7) is 3.89. The van der Waals surface area contributed by atoms with Gasteiger partial charge < -0.3 is 15.3 Å². The molecule has 2 N–H and O–H groups in total. The first-order chi connectivity index (χ1) is 9.30. The Hall–Kier alpha value is -2.11. The second-order valence-corrected chi connectivity index (χ2v) is 5.48. The van der Waals surface area contributed by atoms with Crippen molar-refractivity contribution in [2.24, 2.45) is 5.41 Å². The third-order valence-corrected chi connectivity index (χ3v) is 3.57. The molecule has 2 amide bonds. The summed E-state index contributed by atoms with van der Waals surface area (Å²) < 4.78 is 13.2. The van der Waals surface area contributed by atoms with Crippen LogP contribution in [0, 0.1) is 18.2 Å². The van der Waals surface area contributed by atoms with Crippen molar-refractivity contribution in [2.45, 2.75) is 20.3 Å². The summed E-state index contributed by atoms with van der Waals surface area (Å²) in [4.78, 5) is 24.6. The van der Waals surface area contributed by atoms with E-state index in [4.69, 9.17) is 5.11 Å². The number of nitrogens with zero attached hydrogens (tertiary/aromatic N) is 1. The first kappa shape index (κ1) is 14.3. The van der Waals surface area contributed by atoms with Gasteiger partial charge in [0, 0.05) is 18.8 Å². The van der Waals surface area contributed by atoms with Gasteiger partial charge in [-0.15, -0.1) is 0 Å². The molecule has 1 aliphatic heterocycles. The Balaban J connectivity index is 2.05. The second-order valence-electron chi connectivity index (χ2n) is 5.48. The molecule has 5 nitrogen and oxygen atoms in total. The molecule has 1 aliphatic rings. The van der Waals surface area contributed by atoms with Gasteiger partial charge in [-0.1, -0.05) is 0 Å². The summed E-state index contributed by atoms with van der Waals surface area (Å²) in [6, 6.07) is 3.86. The number of carboxylic acid groups (broad SMARTS) is 1. The van der Waals surface area contributed by atoms with E-state index in [0.717, 1.165) is 0 Å². The van der Waals surface area contributed by atoms with Gasteiger partial charge in [0.05, 0.1) is 5.41 Å². The molecule has 1 fully saturated rings.